The number of hydrogen-bond donors (Lipinski definition) is 1. The van der Waals surface area contributed by atoms with E-state index in [1.54, 1.807) is 6.92 Å². The van der Waals surface area contributed by atoms with Crippen molar-refractivity contribution in [1.29, 1.82) is 0 Å². The van der Waals surface area contributed by atoms with Gasteiger partial charge in [0, 0.05) is 5.57 Å². The maximum atomic E-state index is 11.6. The van der Waals surface area contributed by atoms with Gasteiger partial charge in [-0.1, -0.05) is 26.3 Å². The molecule has 0 heterocycles. The zero-order valence-corrected chi connectivity index (χ0v) is 12.1. The maximum absolute atomic E-state index is 11.6. The molecular weight excluding hydrogens is 244 g/mol. The zero-order valence-electron chi connectivity index (χ0n) is 12.1. The van der Waals surface area contributed by atoms with Crippen molar-refractivity contribution in [2.75, 3.05) is 6.61 Å². The van der Waals surface area contributed by atoms with Crippen LogP contribution in [0.4, 0.5) is 0 Å². The number of hydrogen-bond acceptors (Lipinski definition) is 3. The summed E-state index contributed by atoms with van der Waals surface area (Å²) in [5.74, 6) is -1.16. The van der Waals surface area contributed by atoms with E-state index in [9.17, 15) is 14.7 Å². The molecule has 0 aromatic rings. The van der Waals surface area contributed by atoms with Crippen molar-refractivity contribution in [3.63, 3.8) is 0 Å². The molecule has 0 spiro atoms. The fraction of sp³-hybridized carbons (Fsp3) is 0.733. The molecule has 0 bridgehead atoms. The molecule has 4 heteroatoms. The molecule has 19 heavy (non-hydrogen) atoms. The van der Waals surface area contributed by atoms with Crippen LogP contribution in [0, 0.1) is 10.8 Å². The van der Waals surface area contributed by atoms with E-state index in [0.717, 1.165) is 19.3 Å². The van der Waals surface area contributed by atoms with Crippen LogP contribution >= 0.6 is 0 Å². The van der Waals surface area contributed by atoms with E-state index in [-0.39, 0.29) is 12.0 Å². The van der Waals surface area contributed by atoms with E-state index in [1.165, 1.54) is 0 Å². The fourth-order valence-corrected chi connectivity index (χ4v) is 2.83. The SMILES string of the molecule is C=C(C)C(=O)OCCC1(C)CCCCC1(C)C(=O)O. The van der Waals surface area contributed by atoms with Crippen LogP contribution in [0.5, 0.6) is 0 Å². The Balaban J connectivity index is 2.69. The Kier molecular flexibility index (Phi) is 4.77. The van der Waals surface area contributed by atoms with Crippen LogP contribution in [0.3, 0.4) is 0 Å². The standard InChI is InChI=1S/C15H24O4/c1-11(2)12(16)19-10-9-14(3)7-5-6-8-15(14,4)13(17)18/h1,5-10H2,2-4H3,(H,17,18). The first-order valence-corrected chi connectivity index (χ1v) is 6.79. The second-order valence-corrected chi connectivity index (χ2v) is 6.07. The van der Waals surface area contributed by atoms with E-state index >= 15 is 0 Å². The molecule has 0 aromatic carbocycles. The molecule has 1 N–H and O–H groups in total. The number of carboxylic acid groups (broad SMARTS) is 1. The molecule has 0 radical (unpaired) electrons. The van der Waals surface area contributed by atoms with Crippen molar-refractivity contribution in [2.45, 2.75) is 52.9 Å². The van der Waals surface area contributed by atoms with Gasteiger partial charge in [-0.25, -0.2) is 4.79 Å². The summed E-state index contributed by atoms with van der Waals surface area (Å²) >= 11 is 0. The highest BCUT2D eigenvalue weighted by molar-refractivity contribution is 5.86. The summed E-state index contributed by atoms with van der Waals surface area (Å²) in [5.41, 5.74) is -0.692. The average Bonchev–Trinajstić information content (AvgIpc) is 2.32. The molecule has 1 aliphatic carbocycles. The molecule has 1 saturated carbocycles. The highest BCUT2D eigenvalue weighted by atomic mass is 16.5. The topological polar surface area (TPSA) is 63.6 Å². The average molecular weight is 268 g/mol. The Morgan fingerprint density at radius 1 is 1.26 bits per heavy atom. The smallest absolute Gasteiger partial charge is 0.333 e. The van der Waals surface area contributed by atoms with Gasteiger partial charge in [0.1, 0.15) is 0 Å². The Morgan fingerprint density at radius 3 is 2.37 bits per heavy atom. The molecule has 0 saturated heterocycles. The number of carbonyl (C=O) groups is 2. The maximum Gasteiger partial charge on any atom is 0.333 e. The molecule has 1 fully saturated rings. The zero-order chi connectivity index (χ0) is 14.7. The Hall–Kier alpha value is -1.32. The van der Waals surface area contributed by atoms with Crippen LogP contribution in [-0.4, -0.2) is 23.7 Å². The molecule has 2 atom stereocenters. The third kappa shape index (κ3) is 3.17. The predicted molar refractivity (Wildman–Crippen MR) is 72.7 cm³/mol. The summed E-state index contributed by atoms with van der Waals surface area (Å²) in [6, 6.07) is 0. The quantitative estimate of drug-likeness (QED) is 0.614. The van der Waals surface area contributed by atoms with E-state index in [1.807, 2.05) is 13.8 Å². The van der Waals surface area contributed by atoms with Crippen molar-refractivity contribution in [3.05, 3.63) is 12.2 Å². The van der Waals surface area contributed by atoms with Crippen LogP contribution in [-0.2, 0) is 14.3 Å². The summed E-state index contributed by atoms with van der Waals surface area (Å²) in [5, 5.41) is 9.51. The van der Waals surface area contributed by atoms with Gasteiger partial charge in [-0.15, -0.1) is 0 Å². The molecule has 0 amide bonds. The highest BCUT2D eigenvalue weighted by Crippen LogP contribution is 2.52. The number of esters is 1. The lowest BCUT2D eigenvalue weighted by Gasteiger charge is -2.47. The van der Waals surface area contributed by atoms with E-state index < -0.39 is 17.4 Å². The first kappa shape index (κ1) is 15.7. The Morgan fingerprint density at radius 2 is 1.84 bits per heavy atom. The van der Waals surface area contributed by atoms with Gasteiger partial charge in [0.2, 0.25) is 0 Å². The van der Waals surface area contributed by atoms with Crippen molar-refractivity contribution in [2.24, 2.45) is 10.8 Å². The van der Waals surface area contributed by atoms with Gasteiger partial charge < -0.3 is 9.84 Å². The third-order valence-electron chi connectivity index (χ3n) is 4.69. The second-order valence-electron chi connectivity index (χ2n) is 6.07. The van der Waals surface area contributed by atoms with Crippen LogP contribution < -0.4 is 0 Å². The summed E-state index contributed by atoms with van der Waals surface area (Å²) in [6.07, 6.45) is 4.11. The van der Waals surface area contributed by atoms with Gasteiger partial charge in [-0.3, -0.25) is 4.79 Å². The van der Waals surface area contributed by atoms with Gasteiger partial charge in [0.15, 0.2) is 0 Å². The van der Waals surface area contributed by atoms with E-state index in [4.69, 9.17) is 4.74 Å². The third-order valence-corrected chi connectivity index (χ3v) is 4.69. The van der Waals surface area contributed by atoms with Gasteiger partial charge in [-0.05, 0) is 38.5 Å². The number of rotatable bonds is 5. The number of carboxylic acids is 1. The van der Waals surface area contributed by atoms with Crippen molar-refractivity contribution < 1.29 is 19.4 Å². The monoisotopic (exact) mass is 268 g/mol. The first-order chi connectivity index (χ1) is 8.73. The molecule has 4 nitrogen and oxygen atoms in total. The molecule has 0 aromatic heterocycles. The summed E-state index contributed by atoms with van der Waals surface area (Å²) in [7, 11) is 0. The van der Waals surface area contributed by atoms with Gasteiger partial charge in [0.25, 0.3) is 0 Å². The minimum atomic E-state index is -0.749. The van der Waals surface area contributed by atoms with Gasteiger partial charge >= 0.3 is 11.9 Å². The molecular formula is C15H24O4. The van der Waals surface area contributed by atoms with E-state index in [2.05, 4.69) is 6.58 Å². The molecule has 108 valence electrons. The molecule has 1 aliphatic rings. The minimum Gasteiger partial charge on any atom is -0.481 e. The lowest BCUT2D eigenvalue weighted by Crippen LogP contribution is -2.47. The Labute approximate surface area is 114 Å². The predicted octanol–water partition coefficient (Wildman–Crippen LogP) is 3.17. The number of aliphatic carboxylic acids is 1. The highest BCUT2D eigenvalue weighted by Gasteiger charge is 2.51. The summed E-state index contributed by atoms with van der Waals surface area (Å²) in [4.78, 5) is 22.9. The van der Waals surface area contributed by atoms with Crippen LogP contribution in [0.1, 0.15) is 52.9 Å². The lowest BCUT2D eigenvalue weighted by atomic mass is 9.56. The molecule has 2 unspecified atom stereocenters. The van der Waals surface area contributed by atoms with Crippen molar-refractivity contribution in [3.8, 4) is 0 Å². The minimum absolute atomic E-state index is 0.255. The fourth-order valence-electron chi connectivity index (χ4n) is 2.83. The molecule has 1 rings (SSSR count). The summed E-state index contributed by atoms with van der Waals surface area (Å²) in [6.45, 7) is 9.19. The van der Waals surface area contributed by atoms with Crippen LogP contribution in [0.25, 0.3) is 0 Å². The largest absolute Gasteiger partial charge is 0.481 e. The Bertz CT molecular complexity index is 388. The lowest BCUT2D eigenvalue weighted by molar-refractivity contribution is -0.161. The van der Waals surface area contributed by atoms with Gasteiger partial charge in [0.05, 0.1) is 12.0 Å². The van der Waals surface area contributed by atoms with Crippen LogP contribution in [0.15, 0.2) is 12.2 Å². The number of ether oxygens (including phenoxy) is 1. The summed E-state index contributed by atoms with van der Waals surface area (Å²) < 4.78 is 5.11. The van der Waals surface area contributed by atoms with E-state index in [0.29, 0.717) is 18.4 Å². The van der Waals surface area contributed by atoms with Crippen LogP contribution in [0.2, 0.25) is 0 Å². The second kappa shape index (κ2) is 5.76. The van der Waals surface area contributed by atoms with Crippen molar-refractivity contribution >= 4 is 11.9 Å². The van der Waals surface area contributed by atoms with Crippen molar-refractivity contribution in [1.82, 2.24) is 0 Å². The normalized spacial score (nSPS) is 30.7. The molecule has 0 aliphatic heterocycles. The first-order valence-electron chi connectivity index (χ1n) is 6.79. The van der Waals surface area contributed by atoms with Gasteiger partial charge in [-0.2, -0.15) is 0 Å². The number of carbonyl (C=O) groups excluding carboxylic acids is 1.